The van der Waals surface area contributed by atoms with Crippen molar-refractivity contribution < 1.29 is 34.4 Å². The standard InChI is InChI=1S/C31H25GeN2O.C13H24O2.Ir/c1-32(2,3)23-17-18-27-26(19-23)25(21-11-6-4-7-12-21)20-28(33-27)24-15-10-16-29-30(24)34-31(35-29)22-13-8-5-9-14-22;1-5-10(6-2)12(14)9-13(15)11(7-3)8-4;/h4-14,16-20H,1-3H3;9-11,14H,5-8H2,1-4H3;/q-1;;/b;12-9-;. The van der Waals surface area contributed by atoms with Crippen LogP contribution in [0.2, 0.25) is 17.3 Å². The average Bonchev–Trinajstić information content (AvgIpc) is 3.57. The predicted molar refractivity (Wildman–Crippen MR) is 211 cm³/mol. The summed E-state index contributed by atoms with van der Waals surface area (Å²) in [4.78, 5) is 21.7. The number of ketones is 1. The van der Waals surface area contributed by atoms with Crippen LogP contribution in [0.3, 0.4) is 0 Å². The Morgan fingerprint density at radius 3 is 2.00 bits per heavy atom. The van der Waals surface area contributed by atoms with E-state index in [0.29, 0.717) is 5.89 Å². The van der Waals surface area contributed by atoms with Crippen LogP contribution in [0, 0.1) is 17.9 Å². The van der Waals surface area contributed by atoms with Crippen molar-refractivity contribution in [2.45, 2.75) is 70.6 Å². The molecule has 7 heteroatoms. The molecule has 5 nitrogen and oxygen atoms in total. The maximum atomic E-state index is 11.7. The molecule has 0 unspecified atom stereocenters. The van der Waals surface area contributed by atoms with E-state index in [1.165, 1.54) is 27.0 Å². The number of aliphatic hydroxyl groups excluding tert-OH is 1. The second-order valence-electron chi connectivity index (χ2n) is 13.9. The maximum absolute atomic E-state index is 11.7. The van der Waals surface area contributed by atoms with Crippen molar-refractivity contribution in [2.24, 2.45) is 11.8 Å². The van der Waals surface area contributed by atoms with E-state index in [0.717, 1.165) is 59.1 Å². The number of aliphatic hydroxyl groups is 1. The van der Waals surface area contributed by atoms with Gasteiger partial charge in [0.1, 0.15) is 0 Å². The summed E-state index contributed by atoms with van der Waals surface area (Å²) in [5.74, 6) is 8.43. The average molecular weight is 919 g/mol. The smallest absolute Gasteiger partial charge is 0 e. The van der Waals surface area contributed by atoms with Crippen LogP contribution in [0.15, 0.2) is 113 Å². The summed E-state index contributed by atoms with van der Waals surface area (Å²) in [6, 6.07) is 36.7. The third-order valence-electron chi connectivity index (χ3n) is 9.47. The molecule has 0 bridgehead atoms. The van der Waals surface area contributed by atoms with Gasteiger partial charge in [0.2, 0.25) is 0 Å². The Bertz CT molecular complexity index is 2080. The largest absolute Gasteiger partial charge is 0 e. The summed E-state index contributed by atoms with van der Waals surface area (Å²) < 4.78 is 7.59. The van der Waals surface area contributed by atoms with Crippen LogP contribution >= 0.6 is 0 Å². The SMILES string of the molecule is CCC(CC)C(=O)/C=C(\O)C(CC)CC.[CH3][Ge]([CH3])([CH3])[c]1ccc2nc(-c3[c-]ccc4oc(-c5ccccc5)nc34)cc(-c3ccccc3)c2c1.[Ir]. The molecule has 1 radical (unpaired) electrons. The molecule has 6 aromatic rings. The van der Waals surface area contributed by atoms with E-state index >= 15 is 0 Å². The quantitative estimate of drug-likeness (QED) is 0.0606. The number of aromatic nitrogens is 2. The summed E-state index contributed by atoms with van der Waals surface area (Å²) in [6.45, 7) is 8.07. The van der Waals surface area contributed by atoms with Crippen LogP contribution in [0.25, 0.3) is 55.8 Å². The van der Waals surface area contributed by atoms with Gasteiger partial charge in [-0.1, -0.05) is 45.9 Å². The van der Waals surface area contributed by atoms with Gasteiger partial charge in [-0.25, -0.2) is 0 Å². The van der Waals surface area contributed by atoms with Crippen molar-refractivity contribution in [1.82, 2.24) is 9.97 Å². The van der Waals surface area contributed by atoms with E-state index in [1.807, 2.05) is 70.2 Å². The van der Waals surface area contributed by atoms with Gasteiger partial charge in [0.05, 0.1) is 5.76 Å². The molecule has 0 aliphatic rings. The van der Waals surface area contributed by atoms with Crippen LogP contribution in [0.1, 0.15) is 53.4 Å². The summed E-state index contributed by atoms with van der Waals surface area (Å²) in [7, 11) is 0. The molecule has 4 aromatic carbocycles. The minimum absolute atomic E-state index is 0. The molecule has 0 saturated carbocycles. The van der Waals surface area contributed by atoms with E-state index in [9.17, 15) is 9.90 Å². The summed E-state index contributed by atoms with van der Waals surface area (Å²) in [6.07, 6.45) is 4.91. The molecule has 1 N–H and O–H groups in total. The second-order valence-corrected chi connectivity index (χ2v) is 24.5. The van der Waals surface area contributed by atoms with E-state index in [4.69, 9.17) is 14.4 Å². The number of carbonyl (C=O) groups is 1. The van der Waals surface area contributed by atoms with Crippen LogP contribution < -0.4 is 4.40 Å². The van der Waals surface area contributed by atoms with Gasteiger partial charge >= 0.3 is 190 Å². The van der Waals surface area contributed by atoms with Gasteiger partial charge in [-0.3, -0.25) is 4.79 Å². The minimum Gasteiger partial charge on any atom is 0 e. The number of benzene rings is 4. The Morgan fingerprint density at radius 2 is 1.41 bits per heavy atom. The first-order valence-electron chi connectivity index (χ1n) is 17.9. The predicted octanol–water partition coefficient (Wildman–Crippen LogP) is 11.6. The van der Waals surface area contributed by atoms with Crippen molar-refractivity contribution in [3.63, 3.8) is 0 Å². The van der Waals surface area contributed by atoms with Crippen molar-refractivity contribution in [3.05, 3.63) is 115 Å². The first-order valence-corrected chi connectivity index (χ1v) is 25.2. The Balaban J connectivity index is 0.000000312. The van der Waals surface area contributed by atoms with E-state index in [2.05, 4.69) is 77.9 Å². The normalized spacial score (nSPS) is 11.8. The number of allylic oxidation sites excluding steroid dienone is 2. The molecule has 0 aliphatic carbocycles. The zero-order valence-corrected chi connectivity index (χ0v) is 35.3. The number of hydrogen-bond acceptors (Lipinski definition) is 5. The van der Waals surface area contributed by atoms with Gasteiger partial charge < -0.3 is 5.11 Å². The fourth-order valence-corrected chi connectivity index (χ4v) is 8.68. The zero-order valence-electron chi connectivity index (χ0n) is 30.8. The van der Waals surface area contributed by atoms with Crippen LogP contribution in [-0.4, -0.2) is 34.1 Å². The molecule has 6 rings (SSSR count). The molecular weight excluding hydrogens is 869 g/mol. The molecule has 2 heterocycles. The van der Waals surface area contributed by atoms with E-state index < -0.39 is 13.3 Å². The minimum atomic E-state index is -2.01. The Morgan fingerprint density at radius 1 is 0.804 bits per heavy atom. The number of oxazole rings is 1. The molecule has 0 aliphatic heterocycles. The van der Waals surface area contributed by atoms with E-state index in [1.54, 1.807) is 0 Å². The number of pyridine rings is 1. The molecule has 0 amide bonds. The number of nitrogens with zero attached hydrogens (tertiary/aromatic N) is 2. The van der Waals surface area contributed by atoms with Crippen molar-refractivity contribution >= 4 is 45.4 Å². The number of carbonyl (C=O) groups excluding carboxylic acids is 1. The second kappa shape index (κ2) is 18.1. The Labute approximate surface area is 319 Å². The third kappa shape index (κ3) is 9.54. The van der Waals surface area contributed by atoms with Crippen LogP contribution in [-0.2, 0) is 24.9 Å². The van der Waals surface area contributed by atoms with Crippen molar-refractivity contribution in [2.75, 3.05) is 0 Å². The fraction of sp³-hybridized carbons (Fsp3) is 0.295. The topological polar surface area (TPSA) is 76.2 Å². The van der Waals surface area contributed by atoms with Crippen molar-refractivity contribution in [1.29, 1.82) is 0 Å². The molecule has 51 heavy (non-hydrogen) atoms. The molecule has 267 valence electrons. The van der Waals surface area contributed by atoms with Crippen LogP contribution in [0.4, 0.5) is 0 Å². The number of rotatable bonds is 11. The summed E-state index contributed by atoms with van der Waals surface area (Å²) in [5, 5.41) is 10.9. The fourth-order valence-electron chi connectivity index (χ4n) is 6.25. The molecule has 0 atom stereocenters. The Kier molecular flexibility index (Phi) is 14.2. The monoisotopic (exact) mass is 920 g/mol. The Hall–Kier alpha value is -3.84. The van der Waals surface area contributed by atoms with Crippen LogP contribution in [0.5, 0.6) is 0 Å². The van der Waals surface area contributed by atoms with Gasteiger partial charge in [-0.2, -0.15) is 0 Å². The van der Waals surface area contributed by atoms with Gasteiger partial charge in [0.15, 0.2) is 5.78 Å². The van der Waals surface area contributed by atoms with Gasteiger partial charge in [-0.05, 0) is 25.7 Å². The first-order chi connectivity index (χ1) is 24.1. The first kappa shape index (κ1) is 39.9. The van der Waals surface area contributed by atoms with Gasteiger partial charge in [0, 0.05) is 38.0 Å². The van der Waals surface area contributed by atoms with E-state index in [-0.39, 0.29) is 43.5 Å². The molecule has 0 fully saturated rings. The zero-order chi connectivity index (χ0) is 35.8. The molecule has 0 spiro atoms. The summed E-state index contributed by atoms with van der Waals surface area (Å²) in [5.41, 5.74) is 7.49. The maximum Gasteiger partial charge on any atom is 0 e. The third-order valence-corrected chi connectivity index (χ3v) is 13.8. The number of fused-ring (bicyclic) bond motifs is 2. The van der Waals surface area contributed by atoms with Gasteiger partial charge in [-0.15, -0.1) is 0 Å². The van der Waals surface area contributed by atoms with Crippen molar-refractivity contribution in [3.8, 4) is 33.8 Å². The molecule has 0 saturated heterocycles. The number of hydrogen-bond donors (Lipinski definition) is 1. The molecule has 2 aromatic heterocycles. The van der Waals surface area contributed by atoms with Gasteiger partial charge in [0.25, 0.3) is 0 Å². The summed E-state index contributed by atoms with van der Waals surface area (Å²) >= 11 is -2.01. The molecular formula is C44H49GeIrN2O3-.